The van der Waals surface area contributed by atoms with E-state index >= 15 is 0 Å². The maximum Gasteiger partial charge on any atom is 0.471 e. The number of nitrogens with one attached hydrogen (secondary N) is 1. The van der Waals surface area contributed by atoms with Crippen LogP contribution in [0.1, 0.15) is 10.4 Å². The number of alkyl halides is 3. The third kappa shape index (κ3) is 3.32. The first kappa shape index (κ1) is 17.4. The highest BCUT2D eigenvalue weighted by molar-refractivity contribution is 6.00. The van der Waals surface area contributed by atoms with Gasteiger partial charge in [0.1, 0.15) is 5.56 Å². The second-order valence-electron chi connectivity index (χ2n) is 3.83. The number of carboxylic acids is 1. The standard InChI is InChI=1S/C12H12F3NO6/c1-20-7-5(10(17)18)4-6(8(21-2)9(7)22-3)16-11(19)12(13,14)15/h4H,1-3H3,(H,16,19)(H,17,18). The van der Waals surface area contributed by atoms with Crippen LogP contribution < -0.4 is 19.5 Å². The van der Waals surface area contributed by atoms with Gasteiger partial charge in [0.15, 0.2) is 11.5 Å². The lowest BCUT2D eigenvalue weighted by Gasteiger charge is -2.18. The molecule has 2 N–H and O–H groups in total. The minimum atomic E-state index is -5.15. The van der Waals surface area contributed by atoms with E-state index in [4.69, 9.17) is 19.3 Å². The smallest absolute Gasteiger partial charge is 0.471 e. The van der Waals surface area contributed by atoms with Crippen molar-refractivity contribution in [1.29, 1.82) is 0 Å². The number of carbonyl (C=O) groups is 2. The number of hydrogen-bond donors (Lipinski definition) is 2. The first-order valence-corrected chi connectivity index (χ1v) is 5.61. The van der Waals surface area contributed by atoms with E-state index in [0.29, 0.717) is 0 Å². The van der Waals surface area contributed by atoms with Crippen molar-refractivity contribution in [3.05, 3.63) is 11.6 Å². The van der Waals surface area contributed by atoms with Crippen LogP contribution in [0.4, 0.5) is 18.9 Å². The molecule has 1 aromatic carbocycles. The van der Waals surface area contributed by atoms with Gasteiger partial charge in [0.2, 0.25) is 5.75 Å². The summed E-state index contributed by atoms with van der Waals surface area (Å²) in [6, 6.07) is 0.784. The van der Waals surface area contributed by atoms with Crippen molar-refractivity contribution in [3.63, 3.8) is 0 Å². The van der Waals surface area contributed by atoms with Crippen LogP contribution in [0.15, 0.2) is 6.07 Å². The molecule has 1 rings (SSSR count). The number of carboxylic acid groups (broad SMARTS) is 1. The SMILES string of the molecule is COc1c(NC(=O)C(F)(F)F)cc(C(=O)O)c(OC)c1OC. The topological polar surface area (TPSA) is 94.1 Å². The van der Waals surface area contributed by atoms with Gasteiger partial charge in [0, 0.05) is 0 Å². The summed E-state index contributed by atoms with van der Waals surface area (Å²) in [5, 5.41) is 10.6. The molecule has 0 aliphatic heterocycles. The first-order valence-electron chi connectivity index (χ1n) is 5.61. The third-order valence-electron chi connectivity index (χ3n) is 2.54. The number of ether oxygens (including phenoxy) is 3. The van der Waals surface area contributed by atoms with Gasteiger partial charge in [-0.25, -0.2) is 4.79 Å². The molecule has 0 atom stereocenters. The summed E-state index contributed by atoms with van der Waals surface area (Å²) in [4.78, 5) is 22.2. The molecule has 0 unspecified atom stereocenters. The summed E-state index contributed by atoms with van der Waals surface area (Å²) in [5.74, 6) is -4.59. The summed E-state index contributed by atoms with van der Waals surface area (Å²) < 4.78 is 51.7. The van der Waals surface area contributed by atoms with Gasteiger partial charge in [-0.3, -0.25) is 4.79 Å². The fourth-order valence-corrected chi connectivity index (χ4v) is 1.66. The second-order valence-corrected chi connectivity index (χ2v) is 3.83. The highest BCUT2D eigenvalue weighted by Crippen LogP contribution is 2.45. The minimum absolute atomic E-state index is 0.253. The molecule has 0 aliphatic rings. The molecule has 1 aromatic rings. The van der Waals surface area contributed by atoms with E-state index < -0.39 is 29.3 Å². The van der Waals surface area contributed by atoms with Gasteiger partial charge >= 0.3 is 18.1 Å². The Morgan fingerprint density at radius 1 is 1.05 bits per heavy atom. The molecule has 7 nitrogen and oxygen atoms in total. The van der Waals surface area contributed by atoms with Gasteiger partial charge in [-0.15, -0.1) is 0 Å². The Morgan fingerprint density at radius 3 is 1.91 bits per heavy atom. The van der Waals surface area contributed by atoms with Crippen molar-refractivity contribution in [2.75, 3.05) is 26.6 Å². The van der Waals surface area contributed by atoms with Crippen LogP contribution in [-0.4, -0.2) is 44.5 Å². The molecule has 10 heteroatoms. The Labute approximate surface area is 122 Å². The number of anilines is 1. The third-order valence-corrected chi connectivity index (χ3v) is 2.54. The van der Waals surface area contributed by atoms with Gasteiger partial charge in [0.25, 0.3) is 0 Å². The van der Waals surface area contributed by atoms with Crippen LogP contribution in [0.3, 0.4) is 0 Å². The Kier molecular flexibility index (Phi) is 5.07. The minimum Gasteiger partial charge on any atom is -0.492 e. The average Bonchev–Trinajstić information content (AvgIpc) is 2.44. The maximum atomic E-state index is 12.3. The number of amides is 1. The van der Waals surface area contributed by atoms with Crippen molar-refractivity contribution in [2.24, 2.45) is 0 Å². The van der Waals surface area contributed by atoms with Crippen molar-refractivity contribution < 1.29 is 42.1 Å². The molecule has 0 aromatic heterocycles. The molecule has 0 radical (unpaired) electrons. The van der Waals surface area contributed by atoms with Crippen LogP contribution in [0.5, 0.6) is 17.2 Å². The molecular weight excluding hydrogens is 311 g/mol. The number of rotatable bonds is 5. The summed E-state index contributed by atoms with van der Waals surface area (Å²) in [5.41, 5.74) is -1.02. The van der Waals surface area contributed by atoms with Crippen molar-refractivity contribution in [3.8, 4) is 17.2 Å². The Bertz CT molecular complexity index is 600. The first-order chi connectivity index (χ1) is 10.2. The zero-order chi connectivity index (χ0) is 17.1. The number of hydrogen-bond acceptors (Lipinski definition) is 5. The highest BCUT2D eigenvalue weighted by Gasteiger charge is 2.39. The molecule has 0 bridgehead atoms. The normalized spacial score (nSPS) is 10.8. The fraction of sp³-hybridized carbons (Fsp3) is 0.333. The van der Waals surface area contributed by atoms with Gasteiger partial charge in [0.05, 0.1) is 27.0 Å². The number of benzene rings is 1. The fourth-order valence-electron chi connectivity index (χ4n) is 1.66. The van der Waals surface area contributed by atoms with E-state index in [1.807, 2.05) is 0 Å². The van der Waals surface area contributed by atoms with Crippen molar-refractivity contribution in [1.82, 2.24) is 0 Å². The van der Waals surface area contributed by atoms with E-state index in [9.17, 15) is 22.8 Å². The van der Waals surface area contributed by atoms with E-state index in [0.717, 1.165) is 27.4 Å². The quantitative estimate of drug-likeness (QED) is 0.860. The molecule has 1 amide bonds. The average molecular weight is 323 g/mol. The van der Waals surface area contributed by atoms with E-state index in [-0.39, 0.29) is 17.2 Å². The van der Waals surface area contributed by atoms with Gasteiger partial charge in [-0.05, 0) is 6.07 Å². The zero-order valence-corrected chi connectivity index (χ0v) is 11.7. The number of halogens is 3. The van der Waals surface area contributed by atoms with Crippen LogP contribution in [-0.2, 0) is 4.79 Å². The number of aromatic carboxylic acids is 1. The van der Waals surface area contributed by atoms with Crippen molar-refractivity contribution in [2.45, 2.75) is 6.18 Å². The predicted molar refractivity (Wildman–Crippen MR) is 67.7 cm³/mol. The molecule has 122 valence electrons. The van der Waals surface area contributed by atoms with Gasteiger partial charge < -0.3 is 24.6 Å². The molecule has 22 heavy (non-hydrogen) atoms. The number of methoxy groups -OCH3 is 3. The molecule has 0 saturated heterocycles. The zero-order valence-electron chi connectivity index (χ0n) is 11.7. The second kappa shape index (κ2) is 6.41. The molecule has 0 spiro atoms. The molecule has 0 aliphatic carbocycles. The summed E-state index contributed by atoms with van der Waals surface area (Å²) in [6.45, 7) is 0. The summed E-state index contributed by atoms with van der Waals surface area (Å²) in [7, 11) is 3.40. The highest BCUT2D eigenvalue weighted by atomic mass is 19.4. The number of carbonyl (C=O) groups excluding carboxylic acids is 1. The lowest BCUT2D eigenvalue weighted by Crippen LogP contribution is -2.30. The Hall–Kier alpha value is -2.65. The molecule has 0 saturated carbocycles. The Balaban J connectivity index is 3.53. The molecular formula is C12H12F3NO6. The van der Waals surface area contributed by atoms with Crippen LogP contribution in [0, 0.1) is 0 Å². The maximum absolute atomic E-state index is 12.3. The van der Waals surface area contributed by atoms with E-state index in [1.54, 1.807) is 0 Å². The molecule has 0 fully saturated rings. The van der Waals surface area contributed by atoms with Crippen LogP contribution in [0.2, 0.25) is 0 Å². The summed E-state index contributed by atoms with van der Waals surface area (Å²) >= 11 is 0. The molecule has 0 heterocycles. The van der Waals surface area contributed by atoms with Crippen LogP contribution >= 0.6 is 0 Å². The lowest BCUT2D eigenvalue weighted by atomic mass is 10.1. The Morgan fingerprint density at radius 2 is 1.55 bits per heavy atom. The van der Waals surface area contributed by atoms with Gasteiger partial charge in [-0.2, -0.15) is 13.2 Å². The predicted octanol–water partition coefficient (Wildman–Crippen LogP) is 1.91. The van der Waals surface area contributed by atoms with Gasteiger partial charge in [-0.1, -0.05) is 0 Å². The van der Waals surface area contributed by atoms with Crippen molar-refractivity contribution >= 4 is 17.6 Å². The largest absolute Gasteiger partial charge is 0.492 e. The van der Waals surface area contributed by atoms with E-state index in [2.05, 4.69) is 0 Å². The van der Waals surface area contributed by atoms with Crippen LogP contribution in [0.25, 0.3) is 0 Å². The van der Waals surface area contributed by atoms with E-state index in [1.165, 1.54) is 5.32 Å². The lowest BCUT2D eigenvalue weighted by molar-refractivity contribution is -0.167. The monoisotopic (exact) mass is 323 g/mol. The summed E-state index contributed by atoms with van der Waals surface area (Å²) in [6.07, 6.45) is -5.15.